The molecule has 2 saturated heterocycles. The number of imidazole rings is 1. The first kappa shape index (κ1) is 18.2. The van der Waals surface area contributed by atoms with Crippen LogP contribution in [0.2, 0.25) is 0 Å². The SMILES string of the molecule is CCN(CC)P1(=S)OCC2OC(n3cnc4c(N)ncnc43)C(O)C2O1. The van der Waals surface area contributed by atoms with Crippen LogP contribution in [0.25, 0.3) is 11.2 Å². The van der Waals surface area contributed by atoms with E-state index in [2.05, 4.69) is 15.0 Å². The Hall–Kier alpha value is -1.20. The maximum atomic E-state index is 10.9. The third-order valence-electron chi connectivity index (χ3n) is 4.70. The highest BCUT2D eigenvalue weighted by Crippen LogP contribution is 2.58. The highest BCUT2D eigenvalue weighted by atomic mass is 32.5. The average molecular weight is 400 g/mol. The van der Waals surface area contributed by atoms with Gasteiger partial charge in [0.1, 0.15) is 30.2 Å². The van der Waals surface area contributed by atoms with Gasteiger partial charge in [0.25, 0.3) is 6.64 Å². The molecule has 0 bridgehead atoms. The van der Waals surface area contributed by atoms with Crippen LogP contribution in [0.5, 0.6) is 0 Å². The van der Waals surface area contributed by atoms with Crippen LogP contribution in [0.3, 0.4) is 0 Å². The Morgan fingerprint density at radius 3 is 2.88 bits per heavy atom. The monoisotopic (exact) mass is 400 g/mol. The van der Waals surface area contributed by atoms with Crippen molar-refractivity contribution >= 4 is 35.4 Å². The Kier molecular flexibility index (Phi) is 4.72. The molecule has 0 saturated carbocycles. The number of aromatic nitrogens is 4. The summed E-state index contributed by atoms with van der Waals surface area (Å²) >= 11 is 5.65. The molecule has 5 unspecified atom stereocenters. The van der Waals surface area contributed by atoms with Crippen molar-refractivity contribution in [3.8, 4) is 0 Å². The quantitative estimate of drug-likeness (QED) is 0.708. The minimum absolute atomic E-state index is 0.273. The lowest BCUT2D eigenvalue weighted by atomic mass is 10.1. The number of hydrogen-bond acceptors (Lipinski definition) is 9. The second kappa shape index (κ2) is 6.75. The summed E-state index contributed by atoms with van der Waals surface area (Å²) in [5.74, 6) is 0.273. The van der Waals surface area contributed by atoms with E-state index in [1.54, 1.807) is 4.57 Å². The summed E-state index contributed by atoms with van der Waals surface area (Å²) in [5.41, 5.74) is 6.78. The van der Waals surface area contributed by atoms with Crippen LogP contribution in [0.4, 0.5) is 5.82 Å². The molecule has 2 aromatic heterocycles. The smallest absolute Gasteiger partial charge is 0.264 e. The average Bonchev–Trinajstić information content (AvgIpc) is 3.18. The van der Waals surface area contributed by atoms with Crippen molar-refractivity contribution in [1.82, 2.24) is 24.2 Å². The molecular weight excluding hydrogens is 379 g/mol. The Bertz CT molecular complexity index is 861. The highest BCUT2D eigenvalue weighted by molar-refractivity contribution is 8.08. The van der Waals surface area contributed by atoms with E-state index in [9.17, 15) is 5.11 Å². The molecule has 0 spiro atoms. The number of ether oxygens (including phenoxy) is 1. The van der Waals surface area contributed by atoms with Crippen molar-refractivity contribution < 1.29 is 18.9 Å². The number of nitrogens with two attached hydrogens (primary N) is 1. The van der Waals surface area contributed by atoms with Gasteiger partial charge in [-0.1, -0.05) is 13.8 Å². The molecule has 5 atom stereocenters. The van der Waals surface area contributed by atoms with Gasteiger partial charge in [-0.2, -0.15) is 0 Å². The van der Waals surface area contributed by atoms with Crippen LogP contribution in [0.15, 0.2) is 12.7 Å². The van der Waals surface area contributed by atoms with E-state index in [1.165, 1.54) is 12.7 Å². The number of anilines is 1. The van der Waals surface area contributed by atoms with Crippen molar-refractivity contribution in [3.63, 3.8) is 0 Å². The molecule has 2 aliphatic heterocycles. The first-order valence-electron chi connectivity index (χ1n) is 8.43. The van der Waals surface area contributed by atoms with E-state index >= 15 is 0 Å². The number of nitrogen functional groups attached to an aromatic ring is 1. The molecule has 2 aromatic rings. The van der Waals surface area contributed by atoms with Gasteiger partial charge >= 0.3 is 0 Å². The van der Waals surface area contributed by atoms with Crippen molar-refractivity contribution in [2.45, 2.75) is 38.4 Å². The van der Waals surface area contributed by atoms with E-state index in [1.807, 2.05) is 18.5 Å². The molecule has 4 rings (SSSR count). The van der Waals surface area contributed by atoms with Gasteiger partial charge in [-0.15, -0.1) is 0 Å². The Labute approximate surface area is 155 Å². The number of fused-ring (bicyclic) bond motifs is 2. The molecule has 3 N–H and O–H groups in total. The van der Waals surface area contributed by atoms with Crippen molar-refractivity contribution in [1.29, 1.82) is 0 Å². The number of hydrogen-bond donors (Lipinski definition) is 2. The summed E-state index contributed by atoms with van der Waals surface area (Å²) in [6, 6.07) is 0. The highest BCUT2D eigenvalue weighted by Gasteiger charge is 2.52. The second-order valence-corrected chi connectivity index (χ2v) is 9.47. The predicted octanol–water partition coefficient (Wildman–Crippen LogP) is 0.648. The first-order valence-corrected chi connectivity index (χ1v) is 11.0. The first-order chi connectivity index (χ1) is 12.5. The van der Waals surface area contributed by atoms with Gasteiger partial charge in [0.05, 0.1) is 12.9 Å². The number of aliphatic hydroxyl groups excluding tert-OH is 1. The third-order valence-corrected chi connectivity index (χ3v) is 8.21. The molecule has 0 aromatic carbocycles. The lowest BCUT2D eigenvalue weighted by Crippen LogP contribution is -2.42. The predicted molar refractivity (Wildman–Crippen MR) is 97.7 cm³/mol. The fraction of sp³-hybridized carbons (Fsp3) is 0.643. The third kappa shape index (κ3) is 2.75. The molecule has 142 valence electrons. The summed E-state index contributed by atoms with van der Waals surface area (Å²) < 4.78 is 21.6. The lowest BCUT2D eigenvalue weighted by Gasteiger charge is -2.39. The zero-order chi connectivity index (χ0) is 18.5. The van der Waals surface area contributed by atoms with Gasteiger partial charge in [-0.05, 0) is 11.8 Å². The maximum absolute atomic E-state index is 10.9. The van der Waals surface area contributed by atoms with Crippen LogP contribution >= 0.6 is 6.64 Å². The molecule has 2 fully saturated rings. The summed E-state index contributed by atoms with van der Waals surface area (Å²) in [4.78, 5) is 12.4. The van der Waals surface area contributed by atoms with E-state index in [-0.39, 0.29) is 12.4 Å². The normalized spacial score (nSPS) is 34.5. The minimum atomic E-state index is -2.63. The Morgan fingerprint density at radius 1 is 1.38 bits per heavy atom. The number of aliphatic hydroxyl groups is 1. The summed E-state index contributed by atoms with van der Waals surface area (Å²) in [6.45, 7) is 3.08. The van der Waals surface area contributed by atoms with E-state index in [0.29, 0.717) is 24.3 Å². The molecular formula is C14H21N6O4PS. The van der Waals surface area contributed by atoms with Crippen molar-refractivity contribution in [3.05, 3.63) is 12.7 Å². The van der Waals surface area contributed by atoms with Crippen molar-refractivity contribution in [2.24, 2.45) is 0 Å². The molecule has 0 aliphatic carbocycles. The van der Waals surface area contributed by atoms with Gasteiger partial charge in [-0.3, -0.25) is 4.57 Å². The van der Waals surface area contributed by atoms with Gasteiger partial charge in [0.15, 0.2) is 17.7 Å². The topological polar surface area (TPSA) is 121 Å². The van der Waals surface area contributed by atoms with Gasteiger partial charge in [0.2, 0.25) is 0 Å². The molecule has 10 nitrogen and oxygen atoms in total. The van der Waals surface area contributed by atoms with E-state index < -0.39 is 31.2 Å². The standard InChI is InChI=1S/C14H21N6O4PS/c1-3-19(4-2)25(26)22-5-8-11(24-25)10(21)14(23-8)20-7-18-9-12(15)16-6-17-13(9)20/h6-8,10-11,14,21H,3-5H2,1-2H3,(H2,15,16,17). The molecule has 12 heteroatoms. The molecule has 4 heterocycles. The minimum Gasteiger partial charge on any atom is -0.386 e. The lowest BCUT2D eigenvalue weighted by molar-refractivity contribution is -0.0576. The van der Waals surface area contributed by atoms with Gasteiger partial charge < -0.3 is 24.6 Å². The molecule has 26 heavy (non-hydrogen) atoms. The summed E-state index contributed by atoms with van der Waals surface area (Å²) in [7, 11) is 0. The molecule has 0 amide bonds. The summed E-state index contributed by atoms with van der Waals surface area (Å²) in [6.07, 6.45) is 0.239. The largest absolute Gasteiger partial charge is 0.386 e. The van der Waals surface area contributed by atoms with E-state index in [0.717, 1.165) is 0 Å². The number of nitrogens with zero attached hydrogens (tertiary/aromatic N) is 5. The fourth-order valence-electron chi connectivity index (χ4n) is 3.34. The Balaban J connectivity index is 1.63. The fourth-order valence-corrected chi connectivity index (χ4v) is 6.47. The van der Waals surface area contributed by atoms with Crippen LogP contribution in [-0.4, -0.2) is 67.3 Å². The van der Waals surface area contributed by atoms with Crippen LogP contribution in [0.1, 0.15) is 20.1 Å². The molecule has 2 aliphatic rings. The zero-order valence-electron chi connectivity index (χ0n) is 14.4. The Morgan fingerprint density at radius 2 is 2.15 bits per heavy atom. The number of rotatable bonds is 4. The maximum Gasteiger partial charge on any atom is 0.264 e. The van der Waals surface area contributed by atoms with Gasteiger partial charge in [-0.25, -0.2) is 19.6 Å². The van der Waals surface area contributed by atoms with Crippen LogP contribution in [0, 0.1) is 0 Å². The van der Waals surface area contributed by atoms with Gasteiger partial charge in [0, 0.05) is 13.1 Å². The van der Waals surface area contributed by atoms with Crippen LogP contribution < -0.4 is 5.73 Å². The van der Waals surface area contributed by atoms with Crippen molar-refractivity contribution in [2.75, 3.05) is 25.4 Å². The zero-order valence-corrected chi connectivity index (χ0v) is 16.1. The van der Waals surface area contributed by atoms with Crippen LogP contribution in [-0.2, 0) is 25.6 Å². The second-order valence-electron chi connectivity index (χ2n) is 6.11. The summed E-state index contributed by atoms with van der Waals surface area (Å²) in [5, 5.41) is 10.9. The van der Waals surface area contributed by atoms with E-state index in [4.69, 9.17) is 31.3 Å². The molecule has 0 radical (unpaired) electrons.